The molecule has 0 N–H and O–H groups in total. The standard InChI is InChI=1S/C11H24N2/c1-10(2)13-7-6-12(9-13)8-11(3,4)5/h10H,6-9H2,1-5H3. The van der Waals surface area contributed by atoms with Gasteiger partial charge in [-0.2, -0.15) is 0 Å². The Kier molecular flexibility index (Phi) is 3.36. The maximum atomic E-state index is 2.56. The summed E-state index contributed by atoms with van der Waals surface area (Å²) in [6.07, 6.45) is 0. The van der Waals surface area contributed by atoms with Gasteiger partial charge in [-0.3, -0.25) is 9.80 Å². The van der Waals surface area contributed by atoms with Gasteiger partial charge in [0, 0.05) is 25.7 Å². The van der Waals surface area contributed by atoms with E-state index in [0.717, 1.165) is 6.67 Å². The van der Waals surface area contributed by atoms with Gasteiger partial charge in [0.25, 0.3) is 0 Å². The number of rotatable bonds is 2. The number of nitrogens with zero attached hydrogens (tertiary/aromatic N) is 2. The first kappa shape index (κ1) is 11.0. The molecule has 1 aliphatic heterocycles. The molecule has 2 nitrogen and oxygen atoms in total. The van der Waals surface area contributed by atoms with Crippen LogP contribution in [0.2, 0.25) is 0 Å². The van der Waals surface area contributed by atoms with Gasteiger partial charge in [-0.15, -0.1) is 0 Å². The minimum absolute atomic E-state index is 0.437. The van der Waals surface area contributed by atoms with Crippen molar-refractivity contribution in [3.63, 3.8) is 0 Å². The van der Waals surface area contributed by atoms with Crippen LogP contribution in [0.15, 0.2) is 0 Å². The second-order valence-electron chi connectivity index (χ2n) is 5.66. The largest absolute Gasteiger partial charge is 0.289 e. The summed E-state index contributed by atoms with van der Waals surface area (Å²) < 4.78 is 0. The van der Waals surface area contributed by atoms with Crippen LogP contribution >= 0.6 is 0 Å². The van der Waals surface area contributed by atoms with E-state index in [1.807, 2.05) is 0 Å². The van der Waals surface area contributed by atoms with Crippen molar-refractivity contribution in [2.45, 2.75) is 40.7 Å². The van der Waals surface area contributed by atoms with Gasteiger partial charge in [0.1, 0.15) is 0 Å². The van der Waals surface area contributed by atoms with Gasteiger partial charge in [0.2, 0.25) is 0 Å². The van der Waals surface area contributed by atoms with Crippen molar-refractivity contribution in [3.05, 3.63) is 0 Å². The molecule has 0 aromatic heterocycles. The molecule has 0 radical (unpaired) electrons. The third-order valence-electron chi connectivity index (χ3n) is 2.51. The lowest BCUT2D eigenvalue weighted by molar-refractivity contribution is 0.171. The molecule has 0 unspecified atom stereocenters. The number of hydrogen-bond donors (Lipinski definition) is 0. The topological polar surface area (TPSA) is 6.48 Å². The second kappa shape index (κ2) is 3.97. The zero-order chi connectivity index (χ0) is 10.1. The molecule has 13 heavy (non-hydrogen) atoms. The average molecular weight is 184 g/mol. The van der Waals surface area contributed by atoms with Crippen LogP contribution in [0.5, 0.6) is 0 Å². The summed E-state index contributed by atoms with van der Waals surface area (Å²) in [6, 6.07) is 0.699. The third-order valence-corrected chi connectivity index (χ3v) is 2.51. The third kappa shape index (κ3) is 3.65. The monoisotopic (exact) mass is 184 g/mol. The fourth-order valence-electron chi connectivity index (χ4n) is 1.89. The summed E-state index contributed by atoms with van der Waals surface area (Å²) >= 11 is 0. The summed E-state index contributed by atoms with van der Waals surface area (Å²) in [6.45, 7) is 16.4. The summed E-state index contributed by atoms with van der Waals surface area (Å²) in [5, 5.41) is 0. The van der Waals surface area contributed by atoms with Crippen molar-refractivity contribution in [1.29, 1.82) is 0 Å². The first-order valence-electron chi connectivity index (χ1n) is 5.35. The molecule has 0 aliphatic carbocycles. The van der Waals surface area contributed by atoms with Crippen LogP contribution in [0.25, 0.3) is 0 Å². The van der Waals surface area contributed by atoms with Crippen molar-refractivity contribution in [3.8, 4) is 0 Å². The molecule has 0 aromatic carbocycles. The smallest absolute Gasteiger partial charge is 0.0509 e. The molecule has 0 spiro atoms. The SMILES string of the molecule is CC(C)N1CCN(CC(C)(C)C)C1. The summed E-state index contributed by atoms with van der Waals surface area (Å²) in [7, 11) is 0. The molecule has 1 saturated heterocycles. The molecule has 0 amide bonds. The van der Waals surface area contributed by atoms with E-state index in [2.05, 4.69) is 44.4 Å². The first-order valence-corrected chi connectivity index (χ1v) is 5.35. The van der Waals surface area contributed by atoms with Crippen molar-refractivity contribution < 1.29 is 0 Å². The maximum absolute atomic E-state index is 2.56. The van der Waals surface area contributed by atoms with Gasteiger partial charge in [0.05, 0.1) is 6.67 Å². The Bertz CT molecular complexity index is 158. The fourth-order valence-corrected chi connectivity index (χ4v) is 1.89. The highest BCUT2D eigenvalue weighted by Crippen LogP contribution is 2.18. The van der Waals surface area contributed by atoms with E-state index in [4.69, 9.17) is 0 Å². The Morgan fingerprint density at radius 3 is 2.15 bits per heavy atom. The van der Waals surface area contributed by atoms with Gasteiger partial charge in [0.15, 0.2) is 0 Å². The molecule has 1 heterocycles. The van der Waals surface area contributed by atoms with Crippen LogP contribution in [0, 0.1) is 5.41 Å². The number of hydrogen-bond acceptors (Lipinski definition) is 2. The average Bonchev–Trinajstić information content (AvgIpc) is 2.31. The molecule has 0 atom stereocenters. The van der Waals surface area contributed by atoms with Crippen molar-refractivity contribution in [2.24, 2.45) is 5.41 Å². The van der Waals surface area contributed by atoms with Crippen LogP contribution in [-0.2, 0) is 0 Å². The maximum Gasteiger partial charge on any atom is 0.0509 e. The normalized spacial score (nSPS) is 21.7. The van der Waals surface area contributed by atoms with Gasteiger partial charge >= 0.3 is 0 Å². The van der Waals surface area contributed by atoms with Gasteiger partial charge in [-0.25, -0.2) is 0 Å². The Labute approximate surface area is 82.9 Å². The zero-order valence-electron chi connectivity index (χ0n) is 9.80. The second-order valence-corrected chi connectivity index (χ2v) is 5.66. The Morgan fingerprint density at radius 2 is 1.77 bits per heavy atom. The van der Waals surface area contributed by atoms with Gasteiger partial charge in [-0.1, -0.05) is 20.8 Å². The summed E-state index contributed by atoms with van der Waals surface area (Å²) in [5.41, 5.74) is 0.437. The summed E-state index contributed by atoms with van der Waals surface area (Å²) in [5.74, 6) is 0. The first-order chi connectivity index (χ1) is 5.88. The zero-order valence-corrected chi connectivity index (χ0v) is 9.80. The highest BCUT2D eigenvalue weighted by molar-refractivity contribution is 4.77. The van der Waals surface area contributed by atoms with Crippen LogP contribution in [0.1, 0.15) is 34.6 Å². The fraction of sp³-hybridized carbons (Fsp3) is 1.00. The molecule has 0 aromatic rings. The van der Waals surface area contributed by atoms with Crippen LogP contribution in [0.3, 0.4) is 0 Å². The van der Waals surface area contributed by atoms with Crippen molar-refractivity contribution in [2.75, 3.05) is 26.3 Å². The Balaban J connectivity index is 2.33. The van der Waals surface area contributed by atoms with Crippen LogP contribution in [-0.4, -0.2) is 42.1 Å². The van der Waals surface area contributed by atoms with Gasteiger partial charge < -0.3 is 0 Å². The lowest BCUT2D eigenvalue weighted by Crippen LogP contribution is -2.34. The quantitative estimate of drug-likeness (QED) is 0.648. The highest BCUT2D eigenvalue weighted by Gasteiger charge is 2.24. The van der Waals surface area contributed by atoms with E-state index in [-0.39, 0.29) is 0 Å². The van der Waals surface area contributed by atoms with E-state index in [1.165, 1.54) is 19.6 Å². The molecule has 78 valence electrons. The predicted molar refractivity (Wildman–Crippen MR) is 57.7 cm³/mol. The molecule has 1 rings (SSSR count). The minimum atomic E-state index is 0.437. The molecule has 1 fully saturated rings. The van der Waals surface area contributed by atoms with E-state index >= 15 is 0 Å². The van der Waals surface area contributed by atoms with Crippen molar-refractivity contribution in [1.82, 2.24) is 9.80 Å². The molecule has 0 bridgehead atoms. The molecule has 1 aliphatic rings. The Morgan fingerprint density at radius 1 is 1.15 bits per heavy atom. The lowest BCUT2D eigenvalue weighted by Gasteiger charge is -2.27. The molecular formula is C11H24N2. The highest BCUT2D eigenvalue weighted by atomic mass is 15.4. The summed E-state index contributed by atoms with van der Waals surface area (Å²) in [4.78, 5) is 5.09. The van der Waals surface area contributed by atoms with Crippen LogP contribution < -0.4 is 0 Å². The van der Waals surface area contributed by atoms with E-state index < -0.39 is 0 Å². The Hall–Kier alpha value is -0.0800. The van der Waals surface area contributed by atoms with E-state index in [0.29, 0.717) is 11.5 Å². The van der Waals surface area contributed by atoms with E-state index in [9.17, 15) is 0 Å². The van der Waals surface area contributed by atoms with Crippen molar-refractivity contribution >= 4 is 0 Å². The van der Waals surface area contributed by atoms with Crippen LogP contribution in [0.4, 0.5) is 0 Å². The molecular weight excluding hydrogens is 160 g/mol. The van der Waals surface area contributed by atoms with E-state index in [1.54, 1.807) is 0 Å². The molecule has 0 saturated carbocycles. The minimum Gasteiger partial charge on any atom is -0.289 e. The predicted octanol–water partition coefficient (Wildman–Crippen LogP) is 2.02. The molecule has 2 heteroatoms. The lowest BCUT2D eigenvalue weighted by atomic mass is 9.96. The van der Waals surface area contributed by atoms with Gasteiger partial charge in [-0.05, 0) is 19.3 Å².